The summed E-state index contributed by atoms with van der Waals surface area (Å²) < 4.78 is 10.4. The van der Waals surface area contributed by atoms with Crippen LogP contribution in [0.2, 0.25) is 0 Å². The molecule has 168 valence electrons. The van der Waals surface area contributed by atoms with Gasteiger partial charge in [-0.25, -0.2) is 0 Å². The molecule has 0 aliphatic heterocycles. The van der Waals surface area contributed by atoms with Crippen LogP contribution in [0.15, 0.2) is 66.8 Å². The number of carboxylic acids is 1. The maximum atomic E-state index is 11.8. The number of ether oxygens (including phenoxy) is 2. The van der Waals surface area contributed by atoms with E-state index in [1.54, 1.807) is 12.2 Å². The maximum absolute atomic E-state index is 11.8. The molecule has 0 aromatic heterocycles. The Morgan fingerprint density at radius 2 is 1.61 bits per heavy atom. The van der Waals surface area contributed by atoms with Gasteiger partial charge in [-0.05, 0) is 43.7 Å². The van der Waals surface area contributed by atoms with Crippen LogP contribution in [0.3, 0.4) is 0 Å². The number of carboxylic acid groups (broad SMARTS) is 1. The van der Waals surface area contributed by atoms with Crippen molar-refractivity contribution in [2.75, 3.05) is 6.61 Å². The van der Waals surface area contributed by atoms with Gasteiger partial charge in [0.15, 0.2) is 0 Å². The molecule has 0 spiro atoms. The van der Waals surface area contributed by atoms with E-state index in [0.29, 0.717) is 25.7 Å². The highest BCUT2D eigenvalue weighted by atomic mass is 16.5. The monoisotopic (exact) mass is 428 g/mol. The average molecular weight is 429 g/mol. The molecule has 0 amide bonds. The Balaban J connectivity index is 2.23. The van der Waals surface area contributed by atoms with Crippen LogP contribution in [0.25, 0.3) is 0 Å². The van der Waals surface area contributed by atoms with Crippen LogP contribution in [0.4, 0.5) is 0 Å². The molecule has 0 aliphatic rings. The summed E-state index contributed by atoms with van der Waals surface area (Å²) in [5, 5.41) is 9.38. The van der Waals surface area contributed by atoms with Crippen LogP contribution in [0, 0.1) is 5.92 Å². The minimum absolute atomic E-state index is 0.165. The molecule has 0 saturated heterocycles. The number of aliphatic carboxylic acids is 1. The van der Waals surface area contributed by atoms with Crippen molar-refractivity contribution in [1.82, 2.24) is 0 Å². The molecular formula is C25H32O6. The lowest BCUT2D eigenvalue weighted by Crippen LogP contribution is -2.15. The van der Waals surface area contributed by atoms with E-state index in [1.807, 2.05) is 49.4 Å². The normalized spacial score (nSPS) is 12.4. The summed E-state index contributed by atoms with van der Waals surface area (Å²) in [5.74, 6) is -2.21. The van der Waals surface area contributed by atoms with E-state index in [0.717, 1.165) is 11.1 Å². The van der Waals surface area contributed by atoms with Crippen molar-refractivity contribution in [2.45, 2.75) is 52.1 Å². The van der Waals surface area contributed by atoms with Crippen LogP contribution in [-0.4, -0.2) is 29.6 Å². The molecule has 31 heavy (non-hydrogen) atoms. The molecule has 1 unspecified atom stereocenters. The second-order valence-corrected chi connectivity index (χ2v) is 7.26. The molecule has 0 aliphatic carbocycles. The van der Waals surface area contributed by atoms with Crippen LogP contribution in [0.5, 0.6) is 0 Å². The molecule has 6 heteroatoms. The fourth-order valence-electron chi connectivity index (χ4n) is 2.80. The number of hydrogen-bond donors (Lipinski definition) is 1. The van der Waals surface area contributed by atoms with Gasteiger partial charge in [-0.2, -0.15) is 0 Å². The van der Waals surface area contributed by atoms with E-state index < -0.39 is 11.9 Å². The van der Waals surface area contributed by atoms with Crippen molar-refractivity contribution in [3.63, 3.8) is 0 Å². The minimum Gasteiger partial charge on any atom is -0.481 e. The Bertz CT molecular complexity index is 763. The molecular weight excluding hydrogens is 396 g/mol. The number of rotatable bonds is 15. The first-order chi connectivity index (χ1) is 14.9. The van der Waals surface area contributed by atoms with Gasteiger partial charge < -0.3 is 14.6 Å². The summed E-state index contributed by atoms with van der Waals surface area (Å²) in [4.78, 5) is 35.1. The lowest BCUT2D eigenvalue weighted by Gasteiger charge is -2.12. The van der Waals surface area contributed by atoms with Gasteiger partial charge in [0.1, 0.15) is 13.2 Å². The number of hydrogen-bond acceptors (Lipinski definition) is 5. The molecule has 0 fully saturated rings. The maximum Gasteiger partial charge on any atom is 0.306 e. The van der Waals surface area contributed by atoms with Crippen molar-refractivity contribution >= 4 is 17.9 Å². The third kappa shape index (κ3) is 12.9. The topological polar surface area (TPSA) is 89.9 Å². The van der Waals surface area contributed by atoms with Gasteiger partial charge in [0, 0.05) is 12.8 Å². The Morgan fingerprint density at radius 1 is 1.00 bits per heavy atom. The average Bonchev–Trinajstić information content (AvgIpc) is 2.76. The summed E-state index contributed by atoms with van der Waals surface area (Å²) in [6.07, 6.45) is 8.99. The van der Waals surface area contributed by atoms with Crippen LogP contribution in [0.1, 0.15) is 51.0 Å². The zero-order valence-corrected chi connectivity index (χ0v) is 18.1. The number of carbonyl (C=O) groups is 3. The lowest BCUT2D eigenvalue weighted by molar-refractivity contribution is -0.146. The number of allylic oxidation sites excluding steroid dienone is 4. The Morgan fingerprint density at radius 3 is 2.19 bits per heavy atom. The summed E-state index contributed by atoms with van der Waals surface area (Å²) in [6, 6.07) is 9.37. The zero-order valence-electron chi connectivity index (χ0n) is 18.1. The summed E-state index contributed by atoms with van der Waals surface area (Å²) in [5.41, 5.74) is 1.80. The first-order valence-corrected chi connectivity index (χ1v) is 10.4. The number of benzene rings is 1. The standard InChI is InChI=1S/C25H32O6/c1-3-4-6-11-20(2)18-30-23(26)16-9-14-22(25(28)29)15-10-17-24(27)31-19-21-12-7-5-8-13-21/h3-8,11-13,22H,1,9-10,14-19H2,2H3,(H,28,29)/b6-4-,20-11+. The molecule has 1 atom stereocenters. The largest absolute Gasteiger partial charge is 0.481 e. The second-order valence-electron chi connectivity index (χ2n) is 7.26. The van der Waals surface area contributed by atoms with Crippen molar-refractivity contribution in [3.8, 4) is 0 Å². The van der Waals surface area contributed by atoms with Gasteiger partial charge in [0.25, 0.3) is 0 Å². The summed E-state index contributed by atoms with van der Waals surface area (Å²) in [7, 11) is 0. The van der Waals surface area contributed by atoms with Crippen LogP contribution < -0.4 is 0 Å². The molecule has 6 nitrogen and oxygen atoms in total. The molecule has 0 radical (unpaired) electrons. The van der Waals surface area contributed by atoms with Gasteiger partial charge in [-0.3, -0.25) is 14.4 Å². The highest BCUT2D eigenvalue weighted by molar-refractivity contribution is 5.71. The predicted octanol–water partition coefficient (Wildman–Crippen LogP) is 5.00. The molecule has 1 aromatic rings. The molecule has 0 saturated carbocycles. The van der Waals surface area contributed by atoms with E-state index in [-0.39, 0.29) is 38.0 Å². The third-order valence-corrected chi connectivity index (χ3v) is 4.55. The third-order valence-electron chi connectivity index (χ3n) is 4.55. The van der Waals surface area contributed by atoms with E-state index in [2.05, 4.69) is 6.58 Å². The van der Waals surface area contributed by atoms with Gasteiger partial charge >= 0.3 is 17.9 Å². The van der Waals surface area contributed by atoms with Gasteiger partial charge in [0.2, 0.25) is 0 Å². The summed E-state index contributed by atoms with van der Waals surface area (Å²) >= 11 is 0. The van der Waals surface area contributed by atoms with Crippen molar-refractivity contribution in [1.29, 1.82) is 0 Å². The minimum atomic E-state index is -0.918. The van der Waals surface area contributed by atoms with Gasteiger partial charge in [0.05, 0.1) is 5.92 Å². The quantitative estimate of drug-likeness (QED) is 0.312. The second kappa shape index (κ2) is 15.7. The number of carbonyl (C=O) groups excluding carboxylic acids is 2. The molecule has 0 heterocycles. The molecule has 1 rings (SSSR count). The summed E-state index contributed by atoms with van der Waals surface area (Å²) in [6.45, 7) is 5.84. The zero-order chi connectivity index (χ0) is 22.9. The Kier molecular flexibility index (Phi) is 13.1. The molecule has 0 bridgehead atoms. The van der Waals surface area contributed by atoms with Crippen LogP contribution >= 0.6 is 0 Å². The van der Waals surface area contributed by atoms with E-state index >= 15 is 0 Å². The predicted molar refractivity (Wildman–Crippen MR) is 119 cm³/mol. The SMILES string of the molecule is C=C/C=C\C=C(/C)COC(=O)CCCC(CCCC(=O)OCc1ccccc1)C(=O)O. The number of esters is 2. The lowest BCUT2D eigenvalue weighted by atomic mass is 9.96. The van der Waals surface area contributed by atoms with Crippen molar-refractivity contribution in [3.05, 3.63) is 72.4 Å². The first-order valence-electron chi connectivity index (χ1n) is 10.4. The fourth-order valence-corrected chi connectivity index (χ4v) is 2.80. The molecule has 1 aromatic carbocycles. The van der Waals surface area contributed by atoms with Crippen molar-refractivity contribution < 1.29 is 29.0 Å². The highest BCUT2D eigenvalue weighted by Crippen LogP contribution is 2.17. The fraction of sp³-hybridized carbons (Fsp3) is 0.400. The van der Waals surface area contributed by atoms with Crippen LogP contribution in [-0.2, 0) is 30.5 Å². The van der Waals surface area contributed by atoms with E-state index in [1.165, 1.54) is 0 Å². The van der Waals surface area contributed by atoms with E-state index in [4.69, 9.17) is 9.47 Å². The van der Waals surface area contributed by atoms with E-state index in [9.17, 15) is 19.5 Å². The Hall–Kier alpha value is -3.15. The highest BCUT2D eigenvalue weighted by Gasteiger charge is 2.18. The van der Waals surface area contributed by atoms with Gasteiger partial charge in [-0.15, -0.1) is 0 Å². The van der Waals surface area contributed by atoms with Gasteiger partial charge in [-0.1, -0.05) is 61.2 Å². The Labute approximate surface area is 184 Å². The smallest absolute Gasteiger partial charge is 0.306 e. The first kappa shape index (κ1) is 25.9. The van der Waals surface area contributed by atoms with Crippen molar-refractivity contribution in [2.24, 2.45) is 5.92 Å². The molecule has 1 N–H and O–H groups in total.